The number of benzene rings is 3. The van der Waals surface area contributed by atoms with E-state index in [4.69, 9.17) is 21.3 Å². The molecule has 342 valence electrons. The molecule has 2 aromatic heterocycles. The van der Waals surface area contributed by atoms with E-state index in [1.165, 1.54) is 4.88 Å². The maximum absolute atomic E-state index is 13.4. The Kier molecular flexibility index (Phi) is 13.8. The lowest BCUT2D eigenvalue weighted by Gasteiger charge is -2.23. The van der Waals surface area contributed by atoms with Crippen molar-refractivity contribution in [1.29, 1.82) is 0 Å². The fourth-order valence-corrected chi connectivity index (χ4v) is 9.86. The Bertz CT molecular complexity index is 2770. The van der Waals surface area contributed by atoms with Crippen LogP contribution in [-0.2, 0) is 25.7 Å². The number of fused-ring (bicyclic) bond motifs is 4. The maximum Gasteiger partial charge on any atom is 0.257 e. The van der Waals surface area contributed by atoms with Crippen molar-refractivity contribution in [2.24, 2.45) is 21.1 Å². The molecule has 0 radical (unpaired) electrons. The number of ether oxygens (including phenoxy) is 1. The summed E-state index contributed by atoms with van der Waals surface area (Å²) in [6.07, 6.45) is 2.66. The minimum absolute atomic E-state index is 0.0892. The first-order valence-corrected chi connectivity index (χ1v) is 23.3. The molecule has 1 unspecified atom stereocenters. The highest BCUT2D eigenvalue weighted by molar-refractivity contribution is 7.15. The summed E-state index contributed by atoms with van der Waals surface area (Å²) in [7, 11) is 0. The number of nitrogens with one attached hydrogen (secondary N) is 3. The molecule has 0 bridgehead atoms. The zero-order valence-corrected chi connectivity index (χ0v) is 39.1. The molecule has 18 heteroatoms. The van der Waals surface area contributed by atoms with Gasteiger partial charge in [0.1, 0.15) is 22.6 Å². The van der Waals surface area contributed by atoms with Gasteiger partial charge in [-0.2, -0.15) is 5.11 Å². The second-order valence-electron chi connectivity index (χ2n) is 16.9. The van der Waals surface area contributed by atoms with E-state index in [1.807, 2.05) is 55.7 Å². The number of aliphatic imine (C=N–C) groups is 1. The van der Waals surface area contributed by atoms with Gasteiger partial charge in [0.15, 0.2) is 12.4 Å². The number of imide groups is 1. The molecule has 5 heterocycles. The third-order valence-electron chi connectivity index (χ3n) is 12.2. The standard InChI is InChI=1S/C48H51ClN10O6S/c1-26-21-34(22-27(2)43(26)56-55-37-10-8-9-35-36(37)24-58(47(35)64)20-17-32-13-16-39(60)53-46(32)63)65-25-41(62)51-19-7-6-18-50-40(61)23-38-45-57-54-30(5)59(45)48-42(28(3)29(4)66-48)44(52-38)31-11-14-33(49)15-12-31/h8-12,14-15,21-22,32,38H,6-7,13,16-20,23-25H2,1-5H3,(H,50,61)(H,51,62)(H,53,60,63)/t32?,38-/m0/s1. The number of hydrogen-bond acceptors (Lipinski definition) is 12. The van der Waals surface area contributed by atoms with Gasteiger partial charge in [-0.15, -0.1) is 26.6 Å². The van der Waals surface area contributed by atoms with Crippen LogP contribution in [0.2, 0.25) is 5.02 Å². The van der Waals surface area contributed by atoms with Crippen molar-refractivity contribution >= 4 is 69.6 Å². The smallest absolute Gasteiger partial charge is 0.257 e. The van der Waals surface area contributed by atoms with Crippen molar-refractivity contribution in [3.05, 3.63) is 115 Å². The van der Waals surface area contributed by atoms with Crippen molar-refractivity contribution in [3.8, 4) is 10.8 Å². The first kappa shape index (κ1) is 46.0. The number of piperidine rings is 1. The van der Waals surface area contributed by atoms with Crippen LogP contribution in [0.4, 0.5) is 11.4 Å². The number of unbranched alkanes of at least 4 members (excludes halogenated alkanes) is 1. The molecule has 3 aromatic carbocycles. The Morgan fingerprint density at radius 2 is 1.67 bits per heavy atom. The number of amides is 5. The summed E-state index contributed by atoms with van der Waals surface area (Å²) in [4.78, 5) is 71.1. The molecular weight excluding hydrogens is 880 g/mol. The van der Waals surface area contributed by atoms with Crippen LogP contribution in [0.15, 0.2) is 69.8 Å². The van der Waals surface area contributed by atoms with Gasteiger partial charge < -0.3 is 20.3 Å². The monoisotopic (exact) mass is 930 g/mol. The van der Waals surface area contributed by atoms with Gasteiger partial charge in [-0.1, -0.05) is 29.8 Å². The van der Waals surface area contributed by atoms with Crippen LogP contribution in [0.25, 0.3) is 5.00 Å². The predicted molar refractivity (Wildman–Crippen MR) is 250 cm³/mol. The van der Waals surface area contributed by atoms with Crippen LogP contribution in [0, 0.1) is 40.5 Å². The predicted octanol–water partition coefficient (Wildman–Crippen LogP) is 7.71. The number of rotatable bonds is 16. The second kappa shape index (κ2) is 19.9. The summed E-state index contributed by atoms with van der Waals surface area (Å²) in [5, 5.41) is 27.9. The number of thiophene rings is 1. The Hall–Kier alpha value is -6.59. The van der Waals surface area contributed by atoms with Crippen molar-refractivity contribution in [2.75, 3.05) is 26.2 Å². The van der Waals surface area contributed by atoms with E-state index in [2.05, 4.69) is 50.2 Å². The molecule has 1 fully saturated rings. The average Bonchev–Trinajstić information content (AvgIpc) is 3.90. The molecule has 0 aliphatic carbocycles. The van der Waals surface area contributed by atoms with Gasteiger partial charge in [-0.25, -0.2) is 0 Å². The van der Waals surface area contributed by atoms with Gasteiger partial charge in [0.2, 0.25) is 17.7 Å². The van der Waals surface area contributed by atoms with Crippen LogP contribution in [0.5, 0.6) is 5.75 Å². The summed E-state index contributed by atoms with van der Waals surface area (Å²) >= 11 is 7.90. The fraction of sp³-hybridized carbons (Fsp3) is 0.375. The first-order chi connectivity index (χ1) is 31.7. The Morgan fingerprint density at radius 1 is 0.939 bits per heavy atom. The summed E-state index contributed by atoms with van der Waals surface area (Å²) < 4.78 is 7.87. The average molecular weight is 932 g/mol. The number of azo groups is 1. The van der Waals surface area contributed by atoms with E-state index in [9.17, 15) is 24.0 Å². The third kappa shape index (κ3) is 9.96. The lowest BCUT2D eigenvalue weighted by molar-refractivity contribution is -0.136. The zero-order valence-electron chi connectivity index (χ0n) is 37.5. The number of carbonyl (C=O) groups is 5. The highest BCUT2D eigenvalue weighted by atomic mass is 35.5. The van der Waals surface area contributed by atoms with Gasteiger partial charge >= 0.3 is 0 Å². The molecule has 8 rings (SSSR count). The molecule has 3 N–H and O–H groups in total. The number of aryl methyl sites for hydroxylation is 4. The minimum Gasteiger partial charge on any atom is -0.484 e. The van der Waals surface area contributed by atoms with E-state index in [1.54, 1.807) is 40.5 Å². The van der Waals surface area contributed by atoms with Crippen LogP contribution < -0.4 is 20.7 Å². The molecular formula is C48H51ClN10O6S. The van der Waals surface area contributed by atoms with Crippen molar-refractivity contribution in [2.45, 2.75) is 85.7 Å². The normalized spacial score (nSPS) is 16.7. The topological polar surface area (TPSA) is 202 Å². The minimum atomic E-state index is -0.564. The maximum atomic E-state index is 13.4. The van der Waals surface area contributed by atoms with Gasteiger partial charge in [-0.3, -0.25) is 38.8 Å². The van der Waals surface area contributed by atoms with Gasteiger partial charge in [-0.05, 0) is 113 Å². The summed E-state index contributed by atoms with van der Waals surface area (Å²) in [6, 6.07) is 16.0. The first-order valence-electron chi connectivity index (χ1n) is 22.1. The molecule has 16 nitrogen and oxygen atoms in total. The van der Waals surface area contributed by atoms with Gasteiger partial charge in [0.05, 0.1) is 23.5 Å². The van der Waals surface area contributed by atoms with E-state index < -0.39 is 6.04 Å². The third-order valence-corrected chi connectivity index (χ3v) is 13.6. The molecule has 5 amide bonds. The van der Waals surface area contributed by atoms with Crippen LogP contribution >= 0.6 is 22.9 Å². The molecule has 1 saturated heterocycles. The van der Waals surface area contributed by atoms with Crippen molar-refractivity contribution < 1.29 is 28.7 Å². The number of hydrogen-bond donors (Lipinski definition) is 3. The van der Waals surface area contributed by atoms with E-state index >= 15 is 0 Å². The van der Waals surface area contributed by atoms with E-state index in [-0.39, 0.29) is 48.5 Å². The van der Waals surface area contributed by atoms with Gasteiger partial charge in [0.25, 0.3) is 11.8 Å². The Labute approximate surface area is 391 Å². The molecule has 66 heavy (non-hydrogen) atoms. The fourth-order valence-electron chi connectivity index (χ4n) is 8.52. The Balaban J connectivity index is 0.789. The van der Waals surface area contributed by atoms with Crippen LogP contribution in [0.3, 0.4) is 0 Å². The molecule has 0 spiro atoms. The van der Waals surface area contributed by atoms with E-state index in [0.717, 1.165) is 49.9 Å². The van der Waals surface area contributed by atoms with Crippen molar-refractivity contribution in [3.63, 3.8) is 0 Å². The number of aromatic nitrogens is 3. The van der Waals surface area contributed by atoms with Crippen LogP contribution in [0.1, 0.15) is 105 Å². The largest absolute Gasteiger partial charge is 0.484 e. The van der Waals surface area contributed by atoms with Gasteiger partial charge in [0, 0.05) is 70.7 Å². The molecule has 3 aliphatic heterocycles. The number of carbonyl (C=O) groups excluding carboxylic acids is 5. The molecule has 3 aliphatic rings. The van der Waals surface area contributed by atoms with Crippen molar-refractivity contribution in [1.82, 2.24) is 35.6 Å². The highest BCUT2D eigenvalue weighted by Gasteiger charge is 2.34. The molecule has 5 aromatic rings. The zero-order chi connectivity index (χ0) is 46.6. The SMILES string of the molecule is Cc1cc(OCC(=O)NCCCCNC(=O)C[C@@H]2N=C(c3ccc(Cl)cc3)c3c(sc(C)c3C)-n3c(C)nnc32)cc(C)c1N=Nc1cccc2c1CN(CCC1CCC(=O)NC1=O)C2=O. The van der Waals surface area contributed by atoms with Crippen LogP contribution in [-0.4, -0.2) is 81.2 Å². The highest BCUT2D eigenvalue weighted by Crippen LogP contribution is 2.40. The number of nitrogens with zero attached hydrogens (tertiary/aromatic N) is 7. The number of halogens is 1. The summed E-state index contributed by atoms with van der Waals surface area (Å²) in [5.41, 5.74) is 8.00. The van der Waals surface area contributed by atoms with E-state index in [0.29, 0.717) is 91.8 Å². The molecule has 2 atom stereocenters. The molecule has 0 saturated carbocycles. The second-order valence-corrected chi connectivity index (χ2v) is 18.5. The Morgan fingerprint density at radius 3 is 2.39 bits per heavy atom. The summed E-state index contributed by atoms with van der Waals surface area (Å²) in [5.74, 6) is 0.474. The lowest BCUT2D eigenvalue weighted by atomic mass is 9.94. The quantitative estimate of drug-likeness (QED) is 0.0507. The lowest BCUT2D eigenvalue weighted by Crippen LogP contribution is -2.42. The summed E-state index contributed by atoms with van der Waals surface area (Å²) in [6.45, 7) is 11.3.